The molecule has 3 heterocycles. The van der Waals surface area contributed by atoms with Gasteiger partial charge in [0.15, 0.2) is 5.82 Å². The number of esters is 1. The minimum Gasteiger partial charge on any atom is -0.466 e. The summed E-state index contributed by atoms with van der Waals surface area (Å²) in [4.78, 5) is 31.1. The monoisotopic (exact) mass is 464 g/mol. The van der Waals surface area contributed by atoms with Gasteiger partial charge in [-0.05, 0) is 67.0 Å². The predicted octanol–water partition coefficient (Wildman–Crippen LogP) is 3.30. The van der Waals surface area contributed by atoms with Crippen molar-refractivity contribution in [3.63, 3.8) is 0 Å². The highest BCUT2D eigenvalue weighted by Crippen LogP contribution is 2.35. The molecule has 1 saturated carbocycles. The number of carbonyl (C=O) groups excluding carboxylic acids is 1. The minimum atomic E-state index is -0.382. The Bertz CT molecular complexity index is 1220. The number of piperidine rings is 1. The van der Waals surface area contributed by atoms with Crippen LogP contribution in [0, 0.1) is 12.8 Å². The van der Waals surface area contributed by atoms with Crippen LogP contribution in [0.3, 0.4) is 0 Å². The Balaban J connectivity index is 1.55. The SMILES string of the molecule is CCOC(=O)C1CCN([C@H](c2cc3cccc(C)c3[nH]c2=O)c2nnnn2C2CCCC2)CC1. The van der Waals surface area contributed by atoms with Crippen molar-refractivity contribution in [1.29, 1.82) is 0 Å². The second-order valence-corrected chi connectivity index (χ2v) is 9.48. The molecule has 1 aliphatic heterocycles. The zero-order valence-corrected chi connectivity index (χ0v) is 19.9. The zero-order valence-electron chi connectivity index (χ0n) is 19.9. The summed E-state index contributed by atoms with van der Waals surface area (Å²) in [5.74, 6) is 0.465. The first-order chi connectivity index (χ1) is 16.6. The molecule has 0 amide bonds. The molecule has 2 fully saturated rings. The average molecular weight is 465 g/mol. The van der Waals surface area contributed by atoms with Crippen LogP contribution >= 0.6 is 0 Å². The first-order valence-electron chi connectivity index (χ1n) is 12.4. The number of benzene rings is 1. The van der Waals surface area contributed by atoms with E-state index in [0.29, 0.717) is 43.9 Å². The summed E-state index contributed by atoms with van der Waals surface area (Å²) >= 11 is 0. The van der Waals surface area contributed by atoms with Gasteiger partial charge in [-0.25, -0.2) is 4.68 Å². The summed E-state index contributed by atoms with van der Waals surface area (Å²) in [6.45, 7) is 5.55. The van der Waals surface area contributed by atoms with Crippen LogP contribution in [0.15, 0.2) is 29.1 Å². The number of nitrogens with zero attached hydrogens (tertiary/aromatic N) is 5. The Morgan fingerprint density at radius 3 is 2.71 bits per heavy atom. The number of H-pyrrole nitrogens is 1. The van der Waals surface area contributed by atoms with Gasteiger partial charge in [-0.2, -0.15) is 0 Å². The minimum absolute atomic E-state index is 0.111. The molecule has 9 nitrogen and oxygen atoms in total. The van der Waals surface area contributed by atoms with Crippen molar-refractivity contribution in [2.45, 2.75) is 64.5 Å². The van der Waals surface area contributed by atoms with E-state index >= 15 is 0 Å². The molecule has 9 heteroatoms. The number of rotatable bonds is 6. The topological polar surface area (TPSA) is 106 Å². The summed E-state index contributed by atoms with van der Waals surface area (Å²) in [5, 5.41) is 13.8. The molecule has 1 aliphatic carbocycles. The number of para-hydroxylation sites is 1. The lowest BCUT2D eigenvalue weighted by Gasteiger charge is -2.36. The quantitative estimate of drug-likeness (QED) is 0.558. The van der Waals surface area contributed by atoms with Gasteiger partial charge in [-0.15, -0.1) is 5.10 Å². The summed E-state index contributed by atoms with van der Waals surface area (Å²) in [6.07, 6.45) is 5.78. The number of aromatic amines is 1. The number of fused-ring (bicyclic) bond motifs is 1. The molecule has 2 aromatic heterocycles. The third-order valence-corrected chi connectivity index (χ3v) is 7.36. The van der Waals surface area contributed by atoms with E-state index in [1.807, 2.05) is 42.8 Å². The Morgan fingerprint density at radius 1 is 1.21 bits per heavy atom. The molecule has 0 spiro atoms. The summed E-state index contributed by atoms with van der Waals surface area (Å²) in [6, 6.07) is 7.87. The molecule has 0 radical (unpaired) electrons. The number of aromatic nitrogens is 5. The van der Waals surface area contributed by atoms with Crippen LogP contribution in [0.25, 0.3) is 10.9 Å². The van der Waals surface area contributed by atoms with Gasteiger partial charge in [0, 0.05) is 18.7 Å². The fourth-order valence-corrected chi connectivity index (χ4v) is 5.55. The van der Waals surface area contributed by atoms with Crippen LogP contribution in [0.4, 0.5) is 0 Å². The molecule has 34 heavy (non-hydrogen) atoms. The number of likely N-dealkylation sites (tertiary alicyclic amines) is 1. The third kappa shape index (κ3) is 4.24. The number of pyridine rings is 1. The van der Waals surface area contributed by atoms with Crippen molar-refractivity contribution in [2.75, 3.05) is 19.7 Å². The molecule has 2 aliphatic rings. The molecule has 1 aromatic carbocycles. The molecule has 0 bridgehead atoms. The standard InChI is InChI=1S/C25H32N6O3/c1-3-34-25(33)17-11-13-30(14-12-17)22(23-27-28-29-31(23)19-9-4-5-10-19)20-15-18-8-6-7-16(2)21(18)26-24(20)32/h6-8,15,17,19,22H,3-5,9-14H2,1-2H3,(H,26,32)/t22-/m1/s1. The molecule has 180 valence electrons. The van der Waals surface area contributed by atoms with E-state index in [4.69, 9.17) is 4.74 Å². The lowest BCUT2D eigenvalue weighted by molar-refractivity contribution is -0.149. The number of hydrogen-bond acceptors (Lipinski definition) is 7. The van der Waals surface area contributed by atoms with E-state index in [9.17, 15) is 9.59 Å². The van der Waals surface area contributed by atoms with E-state index in [-0.39, 0.29) is 29.5 Å². The van der Waals surface area contributed by atoms with Gasteiger partial charge in [-0.1, -0.05) is 31.0 Å². The van der Waals surface area contributed by atoms with Gasteiger partial charge in [0.2, 0.25) is 0 Å². The fraction of sp³-hybridized carbons (Fsp3) is 0.560. The maximum Gasteiger partial charge on any atom is 0.309 e. The lowest BCUT2D eigenvalue weighted by Crippen LogP contribution is -2.42. The second kappa shape index (κ2) is 9.66. The van der Waals surface area contributed by atoms with E-state index in [1.165, 1.54) is 0 Å². The van der Waals surface area contributed by atoms with Gasteiger partial charge in [0.25, 0.3) is 5.56 Å². The highest BCUT2D eigenvalue weighted by atomic mass is 16.5. The Hall–Kier alpha value is -3.07. The average Bonchev–Trinajstić information content (AvgIpc) is 3.53. The Kier molecular flexibility index (Phi) is 6.45. The first-order valence-corrected chi connectivity index (χ1v) is 12.4. The predicted molar refractivity (Wildman–Crippen MR) is 127 cm³/mol. The highest BCUT2D eigenvalue weighted by molar-refractivity contribution is 5.82. The number of aryl methyl sites for hydroxylation is 1. The van der Waals surface area contributed by atoms with E-state index in [1.54, 1.807) is 0 Å². The summed E-state index contributed by atoms with van der Waals surface area (Å²) in [5.41, 5.74) is 2.40. The van der Waals surface area contributed by atoms with Crippen LogP contribution in [0.5, 0.6) is 0 Å². The summed E-state index contributed by atoms with van der Waals surface area (Å²) in [7, 11) is 0. The third-order valence-electron chi connectivity index (χ3n) is 7.36. The fourth-order valence-electron chi connectivity index (χ4n) is 5.55. The van der Waals surface area contributed by atoms with Gasteiger partial charge < -0.3 is 9.72 Å². The molecule has 0 unspecified atom stereocenters. The van der Waals surface area contributed by atoms with Gasteiger partial charge in [-0.3, -0.25) is 14.5 Å². The first kappa shape index (κ1) is 22.7. The molecule has 1 N–H and O–H groups in total. The molecular formula is C25H32N6O3. The number of ether oxygens (including phenoxy) is 1. The normalized spacial score (nSPS) is 19.0. The number of hydrogen-bond donors (Lipinski definition) is 1. The largest absolute Gasteiger partial charge is 0.466 e. The second-order valence-electron chi connectivity index (χ2n) is 9.48. The number of tetrazole rings is 1. The van der Waals surface area contributed by atoms with Crippen molar-refractivity contribution in [2.24, 2.45) is 5.92 Å². The smallest absolute Gasteiger partial charge is 0.309 e. The number of nitrogens with one attached hydrogen (secondary N) is 1. The molecule has 1 saturated heterocycles. The van der Waals surface area contributed by atoms with Crippen molar-refractivity contribution >= 4 is 16.9 Å². The van der Waals surface area contributed by atoms with Crippen LogP contribution < -0.4 is 5.56 Å². The van der Waals surface area contributed by atoms with Crippen molar-refractivity contribution in [1.82, 2.24) is 30.1 Å². The molecule has 5 rings (SSSR count). The van der Waals surface area contributed by atoms with Gasteiger partial charge in [0.05, 0.1) is 24.1 Å². The van der Waals surface area contributed by atoms with Crippen molar-refractivity contribution < 1.29 is 9.53 Å². The maximum absolute atomic E-state index is 13.4. The van der Waals surface area contributed by atoms with Crippen LogP contribution in [-0.4, -0.2) is 55.8 Å². The Morgan fingerprint density at radius 2 is 1.97 bits per heavy atom. The van der Waals surface area contributed by atoms with Crippen molar-refractivity contribution in [3.8, 4) is 0 Å². The van der Waals surface area contributed by atoms with Crippen LogP contribution in [0.2, 0.25) is 0 Å². The molecule has 3 aromatic rings. The van der Waals surface area contributed by atoms with Crippen LogP contribution in [-0.2, 0) is 9.53 Å². The number of carbonyl (C=O) groups is 1. The lowest BCUT2D eigenvalue weighted by atomic mass is 9.93. The Labute approximate surface area is 198 Å². The molecular weight excluding hydrogens is 432 g/mol. The van der Waals surface area contributed by atoms with E-state index < -0.39 is 0 Å². The highest BCUT2D eigenvalue weighted by Gasteiger charge is 2.36. The zero-order chi connectivity index (χ0) is 23.7. The van der Waals surface area contributed by atoms with E-state index in [0.717, 1.165) is 42.1 Å². The van der Waals surface area contributed by atoms with Gasteiger partial charge in [0.1, 0.15) is 6.04 Å². The maximum atomic E-state index is 13.4. The van der Waals surface area contributed by atoms with Gasteiger partial charge >= 0.3 is 5.97 Å². The van der Waals surface area contributed by atoms with Crippen LogP contribution in [0.1, 0.15) is 74.5 Å². The summed E-state index contributed by atoms with van der Waals surface area (Å²) < 4.78 is 7.19. The van der Waals surface area contributed by atoms with Crippen molar-refractivity contribution in [3.05, 3.63) is 51.6 Å². The van der Waals surface area contributed by atoms with E-state index in [2.05, 4.69) is 25.4 Å². The molecule has 1 atom stereocenters.